The van der Waals surface area contributed by atoms with E-state index in [2.05, 4.69) is 32.6 Å². The molecule has 0 fully saturated rings. The van der Waals surface area contributed by atoms with E-state index in [1.54, 1.807) is 0 Å². The first-order valence-electron chi connectivity index (χ1n) is 1.15. The fourth-order valence-electron chi connectivity index (χ4n) is 0. The van der Waals surface area contributed by atoms with Gasteiger partial charge in [0.2, 0.25) is 0 Å². The summed E-state index contributed by atoms with van der Waals surface area (Å²) in [5, 5.41) is 0. The van der Waals surface area contributed by atoms with Gasteiger partial charge in [-0.25, -0.2) is 0 Å². The van der Waals surface area contributed by atoms with Crippen LogP contribution in [0.25, 0.3) is 0 Å². The van der Waals surface area contributed by atoms with Crippen molar-refractivity contribution >= 4 is 69.8 Å². The minimum atomic E-state index is 0. The molecule has 7 heavy (non-hydrogen) atoms. The van der Waals surface area contributed by atoms with Crippen molar-refractivity contribution in [2.75, 3.05) is 0 Å². The maximum absolute atomic E-state index is 2.42. The van der Waals surface area contributed by atoms with Gasteiger partial charge in [0.15, 0.2) is 0 Å². The second-order valence-corrected chi connectivity index (χ2v) is 0. The molecular formula is C2H9Al2Cl3. The molecule has 0 nitrogen and oxygen atoms in total. The van der Waals surface area contributed by atoms with Crippen LogP contribution in [0.1, 0.15) is 0 Å². The maximum Gasteiger partial charge on any atom is 0.112 e. The first-order valence-corrected chi connectivity index (χ1v) is 3.46. The van der Waals surface area contributed by atoms with Crippen molar-refractivity contribution in [3.8, 4) is 0 Å². The number of hydrogen-bond acceptors (Lipinski definition) is 0. The first kappa shape index (κ1) is 36.3. The second kappa shape index (κ2) is 102. The van der Waals surface area contributed by atoms with E-state index in [4.69, 9.17) is 0 Å². The second-order valence-electron chi connectivity index (χ2n) is 0. The lowest BCUT2D eigenvalue weighted by atomic mass is 11.9. The summed E-state index contributed by atoms with van der Waals surface area (Å²) in [6.07, 6.45) is 0. The third-order valence-corrected chi connectivity index (χ3v) is 0. The average Bonchev–Trinajstić information content (AvgIpc) is 1.50. The van der Waals surface area contributed by atoms with Crippen molar-refractivity contribution in [3.05, 3.63) is 0 Å². The van der Waals surface area contributed by atoms with Crippen molar-refractivity contribution in [2.24, 2.45) is 0 Å². The van der Waals surface area contributed by atoms with Gasteiger partial charge in [-0.1, -0.05) is 0 Å². The Kier molecular flexibility index (Phi) is 529. The Bertz CT molecular complexity index is 10.9. The molecule has 0 aromatic rings. The van der Waals surface area contributed by atoms with E-state index in [0.717, 1.165) is 0 Å². The zero-order valence-corrected chi connectivity index (χ0v) is 9.14. The molecule has 0 unspecified atom stereocenters. The highest BCUT2D eigenvalue weighted by atomic mass is 35.5. The Labute approximate surface area is 80.9 Å². The molecule has 0 saturated heterocycles. The van der Waals surface area contributed by atoms with Crippen LogP contribution >= 0.6 is 37.2 Å². The van der Waals surface area contributed by atoms with Gasteiger partial charge < -0.3 is 0 Å². The Morgan fingerprint density at radius 3 is 0.571 bits per heavy atom. The van der Waals surface area contributed by atoms with Crippen molar-refractivity contribution in [1.82, 2.24) is 0 Å². The first-order chi connectivity index (χ1) is 2.00. The fourth-order valence-corrected chi connectivity index (χ4v) is 0. The molecule has 0 aromatic carbocycles. The van der Waals surface area contributed by atoms with Gasteiger partial charge in [-0.05, 0) is 0 Å². The van der Waals surface area contributed by atoms with Crippen LogP contribution in [0.2, 0.25) is 11.6 Å². The van der Waals surface area contributed by atoms with Gasteiger partial charge in [0.25, 0.3) is 0 Å². The number of hydrogen-bond donors (Lipinski definition) is 0. The third kappa shape index (κ3) is 74.7. The van der Waals surface area contributed by atoms with E-state index in [9.17, 15) is 0 Å². The van der Waals surface area contributed by atoms with Gasteiger partial charge in [-0.2, -0.15) is 0 Å². The quantitative estimate of drug-likeness (QED) is 0.514. The molecule has 0 N–H and O–H groups in total. The standard InChI is InChI=1S/2CH3.2Al.3ClH/h2*1H3;;;3*1H. The predicted octanol–water partition coefficient (Wildman–Crippen LogP) is 1.67. The Morgan fingerprint density at radius 2 is 0.571 bits per heavy atom. The van der Waals surface area contributed by atoms with Gasteiger partial charge in [0, 0.05) is 0 Å². The maximum atomic E-state index is 2.42. The summed E-state index contributed by atoms with van der Waals surface area (Å²) in [5.41, 5.74) is 0. The van der Waals surface area contributed by atoms with Crippen LogP contribution < -0.4 is 0 Å². The van der Waals surface area contributed by atoms with Crippen molar-refractivity contribution in [3.63, 3.8) is 0 Å². The molecule has 0 heterocycles. The molecule has 0 bridgehead atoms. The molecule has 5 heteroatoms. The Balaban J connectivity index is -0.00000000267. The van der Waals surface area contributed by atoms with Crippen LogP contribution in [0, 0.1) is 0 Å². The molecule has 0 aromatic heterocycles. The highest BCUT2D eigenvalue weighted by molar-refractivity contribution is 6.05. The topological polar surface area (TPSA) is 0 Å². The molecule has 0 rings (SSSR count). The highest BCUT2D eigenvalue weighted by Gasteiger charge is 1.00. The molecule has 0 spiro atoms. The van der Waals surface area contributed by atoms with E-state index in [1.807, 2.05) is 11.6 Å². The Hall–Kier alpha value is 1.93. The minimum absolute atomic E-state index is 0. The normalized spacial score (nSPS) is 1.43. The summed E-state index contributed by atoms with van der Waals surface area (Å²) in [6, 6.07) is 0. The van der Waals surface area contributed by atoms with Crippen LogP contribution in [0.3, 0.4) is 0 Å². The zero-order chi connectivity index (χ0) is 4.00. The van der Waals surface area contributed by atoms with E-state index in [-0.39, 0.29) is 37.2 Å². The number of rotatable bonds is 0. The lowest BCUT2D eigenvalue weighted by Gasteiger charge is -1.02. The molecule has 44 valence electrons. The molecule has 0 aliphatic carbocycles. The molecule has 0 aliphatic rings. The average molecular weight is 193 g/mol. The van der Waals surface area contributed by atoms with Gasteiger partial charge in [0.1, 0.15) is 32.6 Å². The third-order valence-electron chi connectivity index (χ3n) is 0. The van der Waals surface area contributed by atoms with Crippen LogP contribution in [0.5, 0.6) is 0 Å². The van der Waals surface area contributed by atoms with Crippen LogP contribution in [0.4, 0.5) is 0 Å². The van der Waals surface area contributed by atoms with Crippen LogP contribution in [-0.4, -0.2) is 32.6 Å². The van der Waals surface area contributed by atoms with Crippen LogP contribution in [-0.2, 0) is 0 Å². The largest absolute Gasteiger partial charge is 0.147 e. The lowest BCUT2D eigenvalue weighted by molar-refractivity contribution is 2.39. The van der Waals surface area contributed by atoms with E-state index >= 15 is 0 Å². The SMILES string of the molecule is Cl.Cl.Cl.[CH3][Al].[CH3][Al]. The van der Waals surface area contributed by atoms with E-state index in [1.165, 1.54) is 0 Å². The van der Waals surface area contributed by atoms with Gasteiger partial charge in [0.05, 0.1) is 0 Å². The Morgan fingerprint density at radius 1 is 0.571 bits per heavy atom. The van der Waals surface area contributed by atoms with E-state index in [0.29, 0.717) is 0 Å². The predicted molar refractivity (Wildman–Crippen MR) is 45.0 cm³/mol. The van der Waals surface area contributed by atoms with Gasteiger partial charge in [-0.3, -0.25) is 0 Å². The fraction of sp³-hybridized carbons (Fsp3) is 1.00. The van der Waals surface area contributed by atoms with Crippen LogP contribution in [0.15, 0.2) is 0 Å². The van der Waals surface area contributed by atoms with Gasteiger partial charge in [-0.15, -0.1) is 48.8 Å². The summed E-state index contributed by atoms with van der Waals surface area (Å²) in [7, 11) is 0. The highest BCUT2D eigenvalue weighted by Crippen LogP contribution is 0.962. The monoisotopic (exact) mass is 192 g/mol. The van der Waals surface area contributed by atoms with Crippen molar-refractivity contribution < 1.29 is 0 Å². The molecule has 4 radical (unpaired) electrons. The minimum Gasteiger partial charge on any atom is -0.147 e. The molecule has 0 atom stereocenters. The molecular weight excluding hydrogens is 184 g/mol. The van der Waals surface area contributed by atoms with Crippen molar-refractivity contribution in [2.45, 2.75) is 11.6 Å². The summed E-state index contributed by atoms with van der Waals surface area (Å²) >= 11 is 4.83. The smallest absolute Gasteiger partial charge is 0.112 e. The van der Waals surface area contributed by atoms with E-state index < -0.39 is 0 Å². The molecule has 0 aliphatic heterocycles. The summed E-state index contributed by atoms with van der Waals surface area (Å²) in [5.74, 6) is 3.83. The lowest BCUT2D eigenvalue weighted by Crippen LogP contribution is -1.13. The van der Waals surface area contributed by atoms with Gasteiger partial charge >= 0.3 is 0 Å². The molecule has 0 saturated carbocycles. The zero-order valence-electron chi connectivity index (χ0n) is 4.38. The summed E-state index contributed by atoms with van der Waals surface area (Å²) in [6.45, 7) is 0. The number of halogens is 3. The van der Waals surface area contributed by atoms with Crippen molar-refractivity contribution in [1.29, 1.82) is 0 Å². The summed E-state index contributed by atoms with van der Waals surface area (Å²) < 4.78 is 0. The molecule has 0 amide bonds. The summed E-state index contributed by atoms with van der Waals surface area (Å²) in [4.78, 5) is 0.